The summed E-state index contributed by atoms with van der Waals surface area (Å²) < 4.78 is 5.48. The Morgan fingerprint density at radius 3 is 1.07 bits per heavy atom. The summed E-state index contributed by atoms with van der Waals surface area (Å²) >= 11 is 0. The van der Waals surface area contributed by atoms with E-state index >= 15 is 0 Å². The van der Waals surface area contributed by atoms with Crippen LogP contribution in [-0.2, 0) is 14.3 Å². The number of hydrogen-bond acceptors (Lipinski definition) is 5. The molecule has 436 valence electrons. The number of esters is 1. The normalized spacial score (nSPS) is 12.8. The molecule has 0 saturated carbocycles. The minimum absolute atomic E-state index is 0.00454. The minimum atomic E-state index is -0.841. The lowest BCUT2D eigenvalue weighted by atomic mass is 10.0. The third-order valence-electron chi connectivity index (χ3n) is 15.4. The fourth-order valence-electron chi connectivity index (χ4n) is 10.3. The van der Waals surface area contributed by atoms with Crippen molar-refractivity contribution in [2.24, 2.45) is 0 Å². The molecule has 0 fully saturated rings. The van der Waals surface area contributed by atoms with Gasteiger partial charge in [0, 0.05) is 12.8 Å². The zero-order chi connectivity index (χ0) is 53.6. The highest BCUT2D eigenvalue weighted by atomic mass is 16.5. The second-order valence-electron chi connectivity index (χ2n) is 22.8. The summed E-state index contributed by atoms with van der Waals surface area (Å²) in [6.45, 7) is 4.88. The van der Waals surface area contributed by atoms with Crippen LogP contribution in [0.5, 0.6) is 0 Å². The molecule has 0 heterocycles. The van der Waals surface area contributed by atoms with Crippen molar-refractivity contribution >= 4 is 11.9 Å². The molecule has 0 aliphatic rings. The molecule has 0 radical (unpaired) electrons. The topological polar surface area (TPSA) is 95.9 Å². The molecule has 3 N–H and O–H groups in total. The van der Waals surface area contributed by atoms with E-state index in [1.807, 2.05) is 6.08 Å². The number of nitrogens with one attached hydrogen (secondary N) is 1. The Bertz CT molecular complexity index is 1200. The average Bonchev–Trinajstić information content (AvgIpc) is 3.40. The number of unbranched alkanes of at least 4 members (excludes halogenated alkanes) is 47. The molecule has 1 amide bonds. The van der Waals surface area contributed by atoms with Gasteiger partial charge in [-0.2, -0.15) is 0 Å². The molecule has 2 atom stereocenters. The molecule has 0 aliphatic carbocycles. The largest absolute Gasteiger partial charge is 0.466 e. The van der Waals surface area contributed by atoms with Crippen LogP contribution >= 0.6 is 0 Å². The maximum Gasteiger partial charge on any atom is 0.305 e. The van der Waals surface area contributed by atoms with E-state index in [1.165, 1.54) is 283 Å². The zero-order valence-corrected chi connectivity index (χ0v) is 49.8. The van der Waals surface area contributed by atoms with Crippen LogP contribution in [0.3, 0.4) is 0 Å². The summed E-state index contributed by atoms with van der Waals surface area (Å²) in [5.74, 6) is -0.0586. The Labute approximate surface area is 462 Å². The molecule has 0 spiro atoms. The number of allylic oxidation sites excluding steroid dienone is 5. The van der Waals surface area contributed by atoms with Gasteiger partial charge in [0.1, 0.15) is 0 Å². The van der Waals surface area contributed by atoms with Crippen molar-refractivity contribution in [3.8, 4) is 0 Å². The van der Waals surface area contributed by atoms with Gasteiger partial charge < -0.3 is 20.3 Å². The smallest absolute Gasteiger partial charge is 0.305 e. The van der Waals surface area contributed by atoms with Crippen LogP contribution in [0.15, 0.2) is 36.5 Å². The van der Waals surface area contributed by atoms with Crippen LogP contribution in [0.4, 0.5) is 0 Å². The van der Waals surface area contributed by atoms with Crippen molar-refractivity contribution in [1.29, 1.82) is 0 Å². The molecule has 0 aromatic heterocycles. The molecule has 0 saturated heterocycles. The summed E-state index contributed by atoms with van der Waals surface area (Å²) in [5.41, 5.74) is 0. The number of carbonyl (C=O) groups excluding carboxylic acids is 2. The van der Waals surface area contributed by atoms with Crippen LogP contribution in [0.2, 0.25) is 0 Å². The highest BCUT2D eigenvalue weighted by molar-refractivity contribution is 5.76. The molecule has 6 nitrogen and oxygen atoms in total. The molecule has 0 aromatic carbocycles. The minimum Gasteiger partial charge on any atom is -0.466 e. The summed E-state index contributed by atoms with van der Waals surface area (Å²) in [5, 5.41) is 23.1. The van der Waals surface area contributed by atoms with Crippen LogP contribution in [0.25, 0.3) is 0 Å². The van der Waals surface area contributed by atoms with Gasteiger partial charge in [-0.15, -0.1) is 0 Å². The second-order valence-corrected chi connectivity index (χ2v) is 22.8. The lowest BCUT2D eigenvalue weighted by Crippen LogP contribution is -2.45. The van der Waals surface area contributed by atoms with Gasteiger partial charge in [0.25, 0.3) is 0 Å². The number of aliphatic hydroxyl groups is 2. The Morgan fingerprint density at radius 2 is 0.689 bits per heavy atom. The van der Waals surface area contributed by atoms with Gasteiger partial charge in [0.2, 0.25) is 5.91 Å². The average molecular weight is 1040 g/mol. The van der Waals surface area contributed by atoms with Crippen LogP contribution in [0, 0.1) is 0 Å². The first-order chi connectivity index (χ1) is 36.5. The predicted octanol–water partition coefficient (Wildman–Crippen LogP) is 21.1. The van der Waals surface area contributed by atoms with Gasteiger partial charge in [-0.25, -0.2) is 0 Å². The summed E-state index contributed by atoms with van der Waals surface area (Å²) in [4.78, 5) is 24.5. The lowest BCUT2D eigenvalue weighted by molar-refractivity contribution is -0.143. The number of aliphatic hydroxyl groups excluding tert-OH is 2. The van der Waals surface area contributed by atoms with E-state index in [2.05, 4.69) is 43.5 Å². The van der Waals surface area contributed by atoms with E-state index < -0.39 is 12.1 Å². The highest BCUT2D eigenvalue weighted by Crippen LogP contribution is 2.18. The predicted molar refractivity (Wildman–Crippen MR) is 324 cm³/mol. The number of hydrogen-bond donors (Lipinski definition) is 3. The Morgan fingerprint density at radius 1 is 0.378 bits per heavy atom. The Hall–Kier alpha value is -1.92. The number of rotatable bonds is 62. The maximum absolute atomic E-state index is 12.5. The van der Waals surface area contributed by atoms with Crippen molar-refractivity contribution in [3.63, 3.8) is 0 Å². The first-order valence-electron chi connectivity index (χ1n) is 33.3. The molecule has 0 rings (SSSR count). The third-order valence-corrected chi connectivity index (χ3v) is 15.4. The van der Waals surface area contributed by atoms with E-state index in [0.717, 1.165) is 51.4 Å². The number of carbonyl (C=O) groups is 2. The molecule has 6 heteroatoms. The summed E-state index contributed by atoms with van der Waals surface area (Å²) in [6.07, 6.45) is 80.7. The molecule has 0 aliphatic heterocycles. The van der Waals surface area contributed by atoms with Gasteiger partial charge >= 0.3 is 5.97 Å². The van der Waals surface area contributed by atoms with Gasteiger partial charge in [-0.1, -0.05) is 326 Å². The van der Waals surface area contributed by atoms with Gasteiger partial charge in [0.05, 0.1) is 25.4 Å². The van der Waals surface area contributed by atoms with Gasteiger partial charge in [-0.3, -0.25) is 9.59 Å². The van der Waals surface area contributed by atoms with E-state index in [4.69, 9.17) is 4.74 Å². The molecule has 0 aromatic rings. The van der Waals surface area contributed by atoms with Crippen molar-refractivity contribution in [2.45, 2.75) is 373 Å². The quantitative estimate of drug-likeness (QED) is 0.0320. The van der Waals surface area contributed by atoms with Crippen LogP contribution < -0.4 is 5.32 Å². The van der Waals surface area contributed by atoms with E-state index in [9.17, 15) is 19.8 Å². The Kier molecular flexibility index (Phi) is 62.0. The standard InChI is InChI=1S/C68H129NO5/c1-3-5-7-9-11-13-15-17-36-40-44-48-52-56-60-66(71)65(64-70)69-67(72)61-57-53-49-45-41-37-34-32-30-28-26-24-22-20-19-21-23-25-27-29-31-33-35-39-43-47-51-55-59-63-74-68(73)62-58-54-50-46-42-38-18-16-14-12-10-8-6-4-2/h10,12,16,18,56,60,65-66,70-71H,3-9,11,13-15,17,19-55,57-59,61-64H2,1-2H3,(H,69,72)/b12-10-,18-16-,60-56+. The monoisotopic (exact) mass is 1040 g/mol. The fraction of sp³-hybridized carbons (Fsp3) is 0.882. The lowest BCUT2D eigenvalue weighted by Gasteiger charge is -2.20. The van der Waals surface area contributed by atoms with E-state index in [1.54, 1.807) is 6.08 Å². The van der Waals surface area contributed by atoms with Gasteiger partial charge in [-0.05, 0) is 57.8 Å². The van der Waals surface area contributed by atoms with Crippen LogP contribution in [0.1, 0.15) is 361 Å². The molecular weight excluding hydrogens is 911 g/mol. The molecule has 0 bridgehead atoms. The summed E-state index contributed by atoms with van der Waals surface area (Å²) in [6, 6.07) is -0.625. The van der Waals surface area contributed by atoms with E-state index in [-0.39, 0.29) is 18.5 Å². The first kappa shape index (κ1) is 72.1. The number of amides is 1. The van der Waals surface area contributed by atoms with Crippen molar-refractivity contribution in [2.75, 3.05) is 13.2 Å². The zero-order valence-electron chi connectivity index (χ0n) is 49.8. The SMILES string of the molecule is CCCC/C=C\C/C=C\CCCCCCCC(=O)OCCCCCCCCCCCCCCCCCCCCCCCCCCCCCCCC(=O)NC(CO)C(O)/C=C/CCCCCCCCCCCCCC. The van der Waals surface area contributed by atoms with Crippen molar-refractivity contribution in [1.82, 2.24) is 5.32 Å². The number of ether oxygens (including phenoxy) is 1. The van der Waals surface area contributed by atoms with E-state index in [0.29, 0.717) is 19.4 Å². The Balaban J connectivity index is 3.35. The van der Waals surface area contributed by atoms with Crippen molar-refractivity contribution < 1.29 is 24.5 Å². The second kappa shape index (κ2) is 63.6. The summed E-state index contributed by atoms with van der Waals surface area (Å²) in [7, 11) is 0. The highest BCUT2D eigenvalue weighted by Gasteiger charge is 2.18. The van der Waals surface area contributed by atoms with Crippen LogP contribution in [-0.4, -0.2) is 47.4 Å². The molecule has 2 unspecified atom stereocenters. The van der Waals surface area contributed by atoms with Crippen molar-refractivity contribution in [3.05, 3.63) is 36.5 Å². The first-order valence-corrected chi connectivity index (χ1v) is 33.3. The third kappa shape index (κ3) is 59.3. The van der Waals surface area contributed by atoms with Gasteiger partial charge in [0.15, 0.2) is 0 Å². The molecular formula is C68H129NO5. The maximum atomic E-state index is 12.5. The fourth-order valence-corrected chi connectivity index (χ4v) is 10.3. The molecule has 74 heavy (non-hydrogen) atoms.